The highest BCUT2D eigenvalue weighted by Crippen LogP contribution is 2.38. The van der Waals surface area contributed by atoms with Gasteiger partial charge in [-0.05, 0) is 38.5 Å². The predicted octanol–water partition coefficient (Wildman–Crippen LogP) is 1.27. The Hall–Kier alpha value is -1.88. The van der Waals surface area contributed by atoms with Gasteiger partial charge in [0, 0.05) is 0 Å². The van der Waals surface area contributed by atoms with Crippen LogP contribution >= 0.6 is 0 Å². The number of aliphatic hydroxyl groups is 1. The van der Waals surface area contributed by atoms with Gasteiger partial charge < -0.3 is 9.84 Å². The summed E-state index contributed by atoms with van der Waals surface area (Å²) in [4.78, 5) is 25.1. The van der Waals surface area contributed by atoms with E-state index in [1.807, 2.05) is 0 Å². The number of ketones is 1. The van der Waals surface area contributed by atoms with Crippen LogP contribution < -0.4 is 9.64 Å². The molecule has 1 heterocycles. The molecule has 102 valence electrons. The molecular formula is C14H17NO4. The first kappa shape index (κ1) is 13.5. The molecule has 2 rings (SSSR count). The summed E-state index contributed by atoms with van der Waals surface area (Å²) in [5.41, 5.74) is 0.250. The number of carbonyl (C=O) groups is 2. The predicted molar refractivity (Wildman–Crippen MR) is 70.1 cm³/mol. The number of nitrogens with zero attached hydrogens (tertiary/aromatic N) is 1. The lowest BCUT2D eigenvalue weighted by Gasteiger charge is -2.38. The molecule has 19 heavy (non-hydrogen) atoms. The van der Waals surface area contributed by atoms with E-state index in [1.165, 1.54) is 11.8 Å². The van der Waals surface area contributed by atoms with Crippen LogP contribution in [0.5, 0.6) is 5.75 Å². The van der Waals surface area contributed by atoms with Crippen LogP contribution in [0.15, 0.2) is 18.2 Å². The highest BCUT2D eigenvalue weighted by Gasteiger charge is 2.41. The van der Waals surface area contributed by atoms with Crippen LogP contribution in [0.3, 0.4) is 0 Å². The van der Waals surface area contributed by atoms with Crippen molar-refractivity contribution < 1.29 is 19.4 Å². The standard InChI is InChI=1S/C14H17NO4/c1-9(17)7-15-11-5-4-10(8-16)6-12(11)19-14(2,3)13(15)18/h4-6,16H,7-8H2,1-3H3. The van der Waals surface area contributed by atoms with Gasteiger partial charge in [-0.3, -0.25) is 14.5 Å². The molecule has 0 spiro atoms. The van der Waals surface area contributed by atoms with Crippen LogP contribution in [0.4, 0.5) is 5.69 Å². The van der Waals surface area contributed by atoms with E-state index in [-0.39, 0.29) is 24.8 Å². The minimum atomic E-state index is -1.02. The number of carbonyl (C=O) groups excluding carboxylic acids is 2. The molecule has 1 N–H and O–H groups in total. The van der Waals surface area contributed by atoms with Crippen molar-refractivity contribution in [1.82, 2.24) is 0 Å². The zero-order valence-electron chi connectivity index (χ0n) is 11.3. The summed E-state index contributed by atoms with van der Waals surface area (Å²) in [7, 11) is 0. The maximum Gasteiger partial charge on any atom is 0.271 e. The Morgan fingerprint density at radius 3 is 2.68 bits per heavy atom. The molecule has 1 aliphatic heterocycles. The van der Waals surface area contributed by atoms with E-state index in [0.717, 1.165) is 0 Å². The number of Topliss-reactive ketones (excluding diaryl/α,β-unsaturated/α-hetero) is 1. The smallest absolute Gasteiger partial charge is 0.271 e. The molecule has 0 fully saturated rings. The summed E-state index contributed by atoms with van der Waals surface area (Å²) < 4.78 is 5.67. The first-order chi connectivity index (χ1) is 8.85. The number of fused-ring (bicyclic) bond motifs is 1. The Morgan fingerprint density at radius 2 is 2.11 bits per heavy atom. The molecule has 1 aliphatic rings. The minimum Gasteiger partial charge on any atom is -0.476 e. The van der Waals surface area contributed by atoms with Crippen LogP contribution in [0.25, 0.3) is 0 Å². The van der Waals surface area contributed by atoms with Gasteiger partial charge in [0.15, 0.2) is 5.60 Å². The number of anilines is 1. The van der Waals surface area contributed by atoms with E-state index >= 15 is 0 Å². The molecule has 5 nitrogen and oxygen atoms in total. The molecule has 1 aromatic carbocycles. The van der Waals surface area contributed by atoms with Crippen molar-refractivity contribution in [2.75, 3.05) is 11.4 Å². The number of amides is 1. The molecule has 0 aliphatic carbocycles. The van der Waals surface area contributed by atoms with Gasteiger partial charge in [-0.1, -0.05) is 6.07 Å². The van der Waals surface area contributed by atoms with E-state index in [1.54, 1.807) is 32.0 Å². The maximum absolute atomic E-state index is 12.3. The monoisotopic (exact) mass is 263 g/mol. The van der Waals surface area contributed by atoms with E-state index in [4.69, 9.17) is 9.84 Å². The van der Waals surface area contributed by atoms with Crippen molar-refractivity contribution in [3.05, 3.63) is 23.8 Å². The fourth-order valence-corrected chi connectivity index (χ4v) is 2.09. The molecule has 0 atom stereocenters. The Kier molecular flexibility index (Phi) is 3.32. The molecule has 1 amide bonds. The molecule has 0 aromatic heterocycles. The zero-order chi connectivity index (χ0) is 14.2. The first-order valence-corrected chi connectivity index (χ1v) is 6.09. The van der Waals surface area contributed by atoms with Crippen molar-refractivity contribution in [2.24, 2.45) is 0 Å². The van der Waals surface area contributed by atoms with Gasteiger partial charge in [0.25, 0.3) is 5.91 Å². The summed E-state index contributed by atoms with van der Waals surface area (Å²) in [6.07, 6.45) is 0. The molecule has 0 unspecified atom stereocenters. The van der Waals surface area contributed by atoms with E-state index in [2.05, 4.69) is 0 Å². The minimum absolute atomic E-state index is 0.0249. The maximum atomic E-state index is 12.3. The molecule has 0 saturated carbocycles. The molecule has 0 bridgehead atoms. The second-order valence-electron chi connectivity index (χ2n) is 5.17. The quantitative estimate of drug-likeness (QED) is 0.892. The van der Waals surface area contributed by atoms with Crippen molar-refractivity contribution in [1.29, 1.82) is 0 Å². The average Bonchev–Trinajstić information content (AvgIpc) is 2.33. The van der Waals surface area contributed by atoms with Crippen molar-refractivity contribution in [3.63, 3.8) is 0 Å². The Labute approximate surface area is 111 Å². The molecule has 0 saturated heterocycles. The third-order valence-corrected chi connectivity index (χ3v) is 3.00. The third kappa shape index (κ3) is 2.46. The SMILES string of the molecule is CC(=O)CN1C(=O)C(C)(C)Oc2cc(CO)ccc21. The number of hydrogen-bond acceptors (Lipinski definition) is 4. The van der Waals surface area contributed by atoms with Crippen molar-refractivity contribution in [3.8, 4) is 5.75 Å². The summed E-state index contributed by atoms with van der Waals surface area (Å²) in [5.74, 6) is 0.174. The van der Waals surface area contributed by atoms with Gasteiger partial charge in [0.2, 0.25) is 0 Å². The molecule has 5 heteroatoms. The lowest BCUT2D eigenvalue weighted by atomic mass is 10.0. The van der Waals surface area contributed by atoms with Gasteiger partial charge in [0.1, 0.15) is 11.5 Å². The lowest BCUT2D eigenvalue weighted by Crippen LogP contribution is -2.53. The summed E-state index contributed by atoms with van der Waals surface area (Å²) in [6, 6.07) is 5.09. The van der Waals surface area contributed by atoms with Crippen LogP contribution in [-0.4, -0.2) is 28.9 Å². The average molecular weight is 263 g/mol. The second kappa shape index (κ2) is 4.66. The Balaban J connectivity index is 2.50. The number of rotatable bonds is 3. The zero-order valence-corrected chi connectivity index (χ0v) is 11.3. The van der Waals surface area contributed by atoms with Crippen molar-refractivity contribution in [2.45, 2.75) is 33.0 Å². The van der Waals surface area contributed by atoms with Crippen LogP contribution in [0, 0.1) is 0 Å². The van der Waals surface area contributed by atoms with E-state index in [9.17, 15) is 9.59 Å². The normalized spacial score (nSPS) is 16.8. The van der Waals surface area contributed by atoms with Gasteiger partial charge in [-0.2, -0.15) is 0 Å². The van der Waals surface area contributed by atoms with Gasteiger partial charge in [-0.15, -0.1) is 0 Å². The Bertz CT molecular complexity index is 536. The van der Waals surface area contributed by atoms with Crippen molar-refractivity contribution >= 4 is 17.4 Å². The number of hydrogen-bond donors (Lipinski definition) is 1. The topological polar surface area (TPSA) is 66.8 Å². The van der Waals surface area contributed by atoms with Crippen LogP contribution in [0.1, 0.15) is 26.3 Å². The fraction of sp³-hybridized carbons (Fsp3) is 0.429. The van der Waals surface area contributed by atoms with E-state index in [0.29, 0.717) is 17.0 Å². The summed E-state index contributed by atoms with van der Waals surface area (Å²) >= 11 is 0. The fourth-order valence-electron chi connectivity index (χ4n) is 2.09. The van der Waals surface area contributed by atoms with Crippen LogP contribution in [-0.2, 0) is 16.2 Å². The van der Waals surface area contributed by atoms with Gasteiger partial charge >= 0.3 is 0 Å². The van der Waals surface area contributed by atoms with E-state index < -0.39 is 5.60 Å². The lowest BCUT2D eigenvalue weighted by molar-refractivity contribution is -0.133. The largest absolute Gasteiger partial charge is 0.476 e. The summed E-state index contributed by atoms with van der Waals surface area (Å²) in [6.45, 7) is 4.69. The highest BCUT2D eigenvalue weighted by molar-refractivity contribution is 6.05. The second-order valence-corrected chi connectivity index (χ2v) is 5.17. The summed E-state index contributed by atoms with van der Waals surface area (Å²) in [5, 5.41) is 9.14. The number of benzene rings is 1. The number of aliphatic hydroxyl groups excluding tert-OH is 1. The molecule has 0 radical (unpaired) electrons. The van der Waals surface area contributed by atoms with Gasteiger partial charge in [-0.25, -0.2) is 0 Å². The molecule has 1 aromatic rings. The van der Waals surface area contributed by atoms with Crippen LogP contribution in [0.2, 0.25) is 0 Å². The number of ether oxygens (including phenoxy) is 1. The third-order valence-electron chi connectivity index (χ3n) is 3.00. The highest BCUT2D eigenvalue weighted by atomic mass is 16.5. The first-order valence-electron chi connectivity index (χ1n) is 6.09. The Morgan fingerprint density at radius 1 is 1.42 bits per heavy atom. The van der Waals surface area contributed by atoms with Gasteiger partial charge in [0.05, 0.1) is 18.8 Å². The molecular weight excluding hydrogens is 246 g/mol.